The molecule has 0 radical (unpaired) electrons. The van der Waals surface area contributed by atoms with Crippen LogP contribution in [0.3, 0.4) is 0 Å². The van der Waals surface area contributed by atoms with E-state index in [1.165, 1.54) is 12.1 Å². The number of anilines is 1. The number of aromatic nitrogens is 2. The maximum Gasteiger partial charge on any atom is 0.308 e. The van der Waals surface area contributed by atoms with E-state index in [9.17, 15) is 14.3 Å². The molecule has 7 heteroatoms. The molecule has 0 amide bonds. The van der Waals surface area contributed by atoms with Gasteiger partial charge in [0.2, 0.25) is 0 Å². The zero-order valence-electron chi connectivity index (χ0n) is 17.1. The predicted molar refractivity (Wildman–Crippen MR) is 124 cm³/mol. The van der Waals surface area contributed by atoms with Crippen molar-refractivity contribution >= 4 is 22.4 Å². The van der Waals surface area contributed by atoms with Crippen LogP contribution in [0.15, 0.2) is 73.1 Å². The minimum Gasteiger partial charge on any atom is -0.481 e. The molecule has 4 aromatic rings. The Kier molecular flexibility index (Phi) is 5.41. The van der Waals surface area contributed by atoms with E-state index in [0.29, 0.717) is 19.5 Å². The van der Waals surface area contributed by atoms with E-state index in [0.717, 1.165) is 38.0 Å². The zero-order chi connectivity index (χ0) is 22.1. The fraction of sp³-hybridized carbons (Fsp3) is 0.160. The standard InChI is InChI=1S/C25H20FN3O2S/c26-21-9-7-17(8-10-21)16-3-5-18(6-4-16)22-23(19-2-1-12-27-14-19)32-25(28-22)29-13-11-20(15-29)24(30)31/h1-10,12,14,20H,11,13,15H2,(H,30,31). The van der Waals surface area contributed by atoms with Gasteiger partial charge in [-0.1, -0.05) is 53.8 Å². The second-order valence-electron chi connectivity index (χ2n) is 7.77. The smallest absolute Gasteiger partial charge is 0.308 e. The Bertz CT molecular complexity index is 1240. The predicted octanol–water partition coefficient (Wildman–Crippen LogP) is 5.59. The number of benzene rings is 2. The maximum atomic E-state index is 13.2. The molecule has 0 bridgehead atoms. The van der Waals surface area contributed by atoms with Crippen molar-refractivity contribution in [1.82, 2.24) is 9.97 Å². The molecular formula is C25H20FN3O2S. The van der Waals surface area contributed by atoms with Gasteiger partial charge in [0.05, 0.1) is 16.5 Å². The molecule has 1 unspecified atom stereocenters. The van der Waals surface area contributed by atoms with Gasteiger partial charge in [0.25, 0.3) is 0 Å². The number of thiazole rings is 1. The molecule has 2 aromatic carbocycles. The lowest BCUT2D eigenvalue weighted by molar-refractivity contribution is -0.140. The third-order valence-corrected chi connectivity index (χ3v) is 6.85. The molecule has 1 N–H and O–H groups in total. The highest BCUT2D eigenvalue weighted by Crippen LogP contribution is 2.41. The first-order chi connectivity index (χ1) is 15.6. The third kappa shape index (κ3) is 3.99. The number of hydrogen-bond acceptors (Lipinski definition) is 5. The van der Waals surface area contributed by atoms with Gasteiger partial charge in [-0.2, -0.15) is 0 Å². The molecule has 5 rings (SSSR count). The highest BCUT2D eigenvalue weighted by Gasteiger charge is 2.30. The topological polar surface area (TPSA) is 66.3 Å². The van der Waals surface area contributed by atoms with E-state index in [4.69, 9.17) is 4.98 Å². The van der Waals surface area contributed by atoms with Gasteiger partial charge < -0.3 is 10.0 Å². The van der Waals surface area contributed by atoms with Crippen LogP contribution in [-0.4, -0.2) is 34.1 Å². The average Bonchev–Trinajstić information content (AvgIpc) is 3.48. The molecule has 2 aromatic heterocycles. The first kappa shape index (κ1) is 20.3. The number of nitrogens with zero attached hydrogens (tertiary/aromatic N) is 3. The van der Waals surface area contributed by atoms with E-state index in [1.54, 1.807) is 29.7 Å². The van der Waals surface area contributed by atoms with Gasteiger partial charge in [-0.15, -0.1) is 0 Å². The molecule has 1 saturated heterocycles. The molecule has 3 heterocycles. The number of rotatable bonds is 5. The molecule has 1 aliphatic rings. The Morgan fingerprint density at radius 1 is 1.00 bits per heavy atom. The highest BCUT2D eigenvalue weighted by atomic mass is 32.1. The van der Waals surface area contributed by atoms with Gasteiger partial charge in [0, 0.05) is 36.6 Å². The van der Waals surface area contributed by atoms with Crippen LogP contribution in [0.1, 0.15) is 6.42 Å². The fourth-order valence-corrected chi connectivity index (χ4v) is 5.04. The van der Waals surface area contributed by atoms with E-state index in [-0.39, 0.29) is 11.7 Å². The van der Waals surface area contributed by atoms with Crippen LogP contribution in [0.5, 0.6) is 0 Å². The number of aliphatic carboxylic acids is 1. The molecule has 0 spiro atoms. The van der Waals surface area contributed by atoms with Gasteiger partial charge in [-0.05, 0) is 35.7 Å². The van der Waals surface area contributed by atoms with Crippen molar-refractivity contribution in [3.8, 4) is 32.8 Å². The fourth-order valence-electron chi connectivity index (χ4n) is 3.93. The van der Waals surface area contributed by atoms with Crippen molar-refractivity contribution in [2.75, 3.05) is 18.0 Å². The number of pyridine rings is 1. The average molecular weight is 446 g/mol. The maximum absolute atomic E-state index is 13.2. The minimum absolute atomic E-state index is 0.256. The van der Waals surface area contributed by atoms with Gasteiger partial charge in [0.15, 0.2) is 5.13 Å². The van der Waals surface area contributed by atoms with Gasteiger partial charge in [0.1, 0.15) is 5.82 Å². The van der Waals surface area contributed by atoms with Crippen LogP contribution < -0.4 is 4.90 Å². The Labute approximate surface area is 188 Å². The van der Waals surface area contributed by atoms with Crippen molar-refractivity contribution in [2.45, 2.75) is 6.42 Å². The molecule has 1 aliphatic heterocycles. The summed E-state index contributed by atoms with van der Waals surface area (Å²) in [6.07, 6.45) is 4.18. The summed E-state index contributed by atoms with van der Waals surface area (Å²) in [5.74, 6) is -1.37. The van der Waals surface area contributed by atoms with E-state index in [2.05, 4.69) is 9.88 Å². The van der Waals surface area contributed by atoms with Gasteiger partial charge in [-0.25, -0.2) is 9.37 Å². The summed E-state index contributed by atoms with van der Waals surface area (Å²) in [4.78, 5) is 23.6. The molecule has 0 saturated carbocycles. The molecule has 160 valence electrons. The van der Waals surface area contributed by atoms with Crippen LogP contribution >= 0.6 is 11.3 Å². The van der Waals surface area contributed by atoms with Crippen molar-refractivity contribution in [3.63, 3.8) is 0 Å². The lowest BCUT2D eigenvalue weighted by atomic mass is 10.0. The number of halogens is 1. The van der Waals surface area contributed by atoms with E-state index < -0.39 is 5.97 Å². The quantitative estimate of drug-likeness (QED) is 0.434. The first-order valence-corrected chi connectivity index (χ1v) is 11.2. The van der Waals surface area contributed by atoms with Gasteiger partial charge in [-0.3, -0.25) is 9.78 Å². The summed E-state index contributed by atoms with van der Waals surface area (Å²) in [7, 11) is 0. The SMILES string of the molecule is O=C(O)C1CCN(c2nc(-c3ccc(-c4ccc(F)cc4)cc3)c(-c3cccnc3)s2)C1. The second kappa shape index (κ2) is 8.51. The van der Waals surface area contributed by atoms with Crippen LogP contribution in [0, 0.1) is 11.7 Å². The molecule has 1 fully saturated rings. The number of carbonyl (C=O) groups is 1. The normalized spacial score (nSPS) is 15.8. The number of carboxylic acids is 1. The summed E-state index contributed by atoms with van der Waals surface area (Å²) in [5.41, 5.74) is 4.73. The summed E-state index contributed by atoms with van der Waals surface area (Å²) < 4.78 is 13.2. The molecular weight excluding hydrogens is 425 g/mol. The van der Waals surface area contributed by atoms with Crippen molar-refractivity contribution in [3.05, 3.63) is 78.9 Å². The Morgan fingerprint density at radius 2 is 1.69 bits per heavy atom. The minimum atomic E-state index is -0.756. The van der Waals surface area contributed by atoms with Crippen LogP contribution in [0.25, 0.3) is 32.8 Å². The Morgan fingerprint density at radius 3 is 2.31 bits per heavy atom. The third-order valence-electron chi connectivity index (χ3n) is 5.68. The molecule has 1 atom stereocenters. The monoisotopic (exact) mass is 445 g/mol. The lowest BCUT2D eigenvalue weighted by Crippen LogP contribution is -2.22. The summed E-state index contributed by atoms with van der Waals surface area (Å²) in [6, 6.07) is 18.4. The second-order valence-corrected chi connectivity index (χ2v) is 8.75. The lowest BCUT2D eigenvalue weighted by Gasteiger charge is -2.13. The molecule has 5 nitrogen and oxygen atoms in total. The Balaban J connectivity index is 1.51. The zero-order valence-corrected chi connectivity index (χ0v) is 17.9. The van der Waals surface area contributed by atoms with Crippen LogP contribution in [0.2, 0.25) is 0 Å². The van der Waals surface area contributed by atoms with E-state index in [1.807, 2.05) is 42.6 Å². The summed E-state index contributed by atoms with van der Waals surface area (Å²) >= 11 is 1.56. The molecule has 0 aliphatic carbocycles. The van der Waals surface area contributed by atoms with Crippen molar-refractivity contribution in [1.29, 1.82) is 0 Å². The van der Waals surface area contributed by atoms with Crippen molar-refractivity contribution in [2.24, 2.45) is 5.92 Å². The number of carboxylic acid groups (broad SMARTS) is 1. The van der Waals surface area contributed by atoms with Gasteiger partial charge >= 0.3 is 5.97 Å². The molecule has 32 heavy (non-hydrogen) atoms. The van der Waals surface area contributed by atoms with Crippen molar-refractivity contribution < 1.29 is 14.3 Å². The van der Waals surface area contributed by atoms with Crippen LogP contribution in [0.4, 0.5) is 9.52 Å². The highest BCUT2D eigenvalue weighted by molar-refractivity contribution is 7.19. The Hall–Kier alpha value is -3.58. The summed E-state index contributed by atoms with van der Waals surface area (Å²) in [6.45, 7) is 1.15. The number of hydrogen-bond donors (Lipinski definition) is 1. The van der Waals surface area contributed by atoms with Crippen LogP contribution in [-0.2, 0) is 4.79 Å². The van der Waals surface area contributed by atoms with E-state index >= 15 is 0 Å². The summed E-state index contributed by atoms with van der Waals surface area (Å²) in [5, 5.41) is 10.2. The first-order valence-electron chi connectivity index (χ1n) is 10.3. The largest absolute Gasteiger partial charge is 0.481 e.